The number of imide groups is 1. The van der Waals surface area contributed by atoms with E-state index in [0.717, 1.165) is 10.5 Å². The standard InChI is InChI=1S/C11H11NO3/c1-2-10(13)12-9-6-4-3-5-8(9)7-15-11(12)14/h3-6H,2,7H2,1H3. The Morgan fingerprint density at radius 1 is 1.47 bits per heavy atom. The minimum atomic E-state index is -0.583. The number of cyclic esters (lactones) is 1. The zero-order valence-corrected chi connectivity index (χ0v) is 8.40. The molecule has 1 aromatic rings. The van der Waals surface area contributed by atoms with Crippen molar-refractivity contribution in [1.82, 2.24) is 0 Å². The lowest BCUT2D eigenvalue weighted by molar-refractivity contribution is -0.118. The Hall–Kier alpha value is -1.84. The average Bonchev–Trinajstić information content (AvgIpc) is 2.28. The van der Waals surface area contributed by atoms with Crippen LogP contribution in [-0.4, -0.2) is 12.0 Å². The second-order valence-electron chi connectivity index (χ2n) is 3.27. The number of hydrogen-bond donors (Lipinski definition) is 0. The molecule has 0 aliphatic carbocycles. The molecule has 0 saturated heterocycles. The highest BCUT2D eigenvalue weighted by molar-refractivity contribution is 6.13. The van der Waals surface area contributed by atoms with Gasteiger partial charge in [-0.05, 0) is 6.07 Å². The van der Waals surface area contributed by atoms with Crippen molar-refractivity contribution in [2.45, 2.75) is 20.0 Å². The van der Waals surface area contributed by atoms with Crippen LogP contribution >= 0.6 is 0 Å². The molecule has 0 fully saturated rings. The summed E-state index contributed by atoms with van der Waals surface area (Å²) in [5, 5.41) is 0. The number of rotatable bonds is 1. The van der Waals surface area contributed by atoms with E-state index in [9.17, 15) is 9.59 Å². The predicted molar refractivity (Wildman–Crippen MR) is 54.4 cm³/mol. The van der Waals surface area contributed by atoms with Crippen LogP contribution in [-0.2, 0) is 16.1 Å². The van der Waals surface area contributed by atoms with E-state index in [1.165, 1.54) is 0 Å². The van der Waals surface area contributed by atoms with Crippen molar-refractivity contribution in [3.63, 3.8) is 0 Å². The van der Waals surface area contributed by atoms with Crippen molar-refractivity contribution in [3.05, 3.63) is 29.8 Å². The van der Waals surface area contributed by atoms with E-state index in [1.807, 2.05) is 12.1 Å². The van der Waals surface area contributed by atoms with Gasteiger partial charge in [0, 0.05) is 12.0 Å². The monoisotopic (exact) mass is 205 g/mol. The average molecular weight is 205 g/mol. The summed E-state index contributed by atoms with van der Waals surface area (Å²) >= 11 is 0. The van der Waals surface area contributed by atoms with Gasteiger partial charge >= 0.3 is 6.09 Å². The topological polar surface area (TPSA) is 46.6 Å². The molecule has 0 radical (unpaired) electrons. The fourth-order valence-corrected chi connectivity index (χ4v) is 1.55. The van der Waals surface area contributed by atoms with Crippen molar-refractivity contribution in [3.8, 4) is 0 Å². The number of carbonyl (C=O) groups is 2. The first-order valence-corrected chi connectivity index (χ1v) is 4.81. The number of anilines is 1. The second-order valence-corrected chi connectivity index (χ2v) is 3.27. The van der Waals surface area contributed by atoms with E-state index in [-0.39, 0.29) is 18.9 Å². The van der Waals surface area contributed by atoms with Crippen molar-refractivity contribution in [2.75, 3.05) is 4.90 Å². The van der Waals surface area contributed by atoms with E-state index in [2.05, 4.69) is 0 Å². The van der Waals surface area contributed by atoms with Crippen molar-refractivity contribution in [1.29, 1.82) is 0 Å². The minimum Gasteiger partial charge on any atom is -0.444 e. The van der Waals surface area contributed by atoms with Gasteiger partial charge in [-0.1, -0.05) is 25.1 Å². The van der Waals surface area contributed by atoms with Gasteiger partial charge in [0.1, 0.15) is 6.61 Å². The van der Waals surface area contributed by atoms with Crippen LogP contribution in [0.3, 0.4) is 0 Å². The molecule has 1 aromatic carbocycles. The third kappa shape index (κ3) is 1.58. The highest BCUT2D eigenvalue weighted by Crippen LogP contribution is 2.27. The molecule has 4 nitrogen and oxygen atoms in total. The van der Waals surface area contributed by atoms with Crippen LogP contribution in [0.15, 0.2) is 24.3 Å². The number of ether oxygens (including phenoxy) is 1. The second kappa shape index (κ2) is 3.73. The van der Waals surface area contributed by atoms with E-state index in [1.54, 1.807) is 19.1 Å². The van der Waals surface area contributed by atoms with Crippen molar-refractivity contribution < 1.29 is 14.3 Å². The zero-order chi connectivity index (χ0) is 10.8. The van der Waals surface area contributed by atoms with Gasteiger partial charge in [0.2, 0.25) is 5.91 Å². The van der Waals surface area contributed by atoms with Crippen LogP contribution < -0.4 is 4.90 Å². The summed E-state index contributed by atoms with van der Waals surface area (Å²) in [4.78, 5) is 24.1. The summed E-state index contributed by atoms with van der Waals surface area (Å²) < 4.78 is 4.91. The van der Waals surface area contributed by atoms with Crippen LogP contribution in [0.25, 0.3) is 0 Å². The third-order valence-electron chi connectivity index (χ3n) is 2.32. The van der Waals surface area contributed by atoms with Gasteiger partial charge in [-0.15, -0.1) is 0 Å². The maximum Gasteiger partial charge on any atom is 0.421 e. The summed E-state index contributed by atoms with van der Waals surface area (Å²) in [7, 11) is 0. The van der Waals surface area contributed by atoms with Gasteiger partial charge in [0.05, 0.1) is 5.69 Å². The summed E-state index contributed by atoms with van der Waals surface area (Å²) in [6.07, 6.45) is -0.302. The summed E-state index contributed by atoms with van der Waals surface area (Å²) in [5.74, 6) is -0.243. The van der Waals surface area contributed by atoms with Gasteiger partial charge in [0.15, 0.2) is 0 Å². The van der Waals surface area contributed by atoms with E-state index < -0.39 is 6.09 Å². The van der Waals surface area contributed by atoms with Gasteiger partial charge in [-0.25, -0.2) is 9.69 Å². The Bertz CT molecular complexity index is 414. The number of fused-ring (bicyclic) bond motifs is 1. The molecule has 0 bridgehead atoms. The Balaban J connectivity index is 2.46. The van der Waals surface area contributed by atoms with Gasteiger partial charge < -0.3 is 4.74 Å². The van der Waals surface area contributed by atoms with Gasteiger partial charge in [0.25, 0.3) is 0 Å². The molecule has 0 spiro atoms. The van der Waals surface area contributed by atoms with Crippen LogP contribution in [0.4, 0.5) is 10.5 Å². The Morgan fingerprint density at radius 2 is 2.20 bits per heavy atom. The van der Waals surface area contributed by atoms with Crippen LogP contribution in [0.1, 0.15) is 18.9 Å². The molecule has 0 aromatic heterocycles. The molecule has 0 N–H and O–H groups in total. The fourth-order valence-electron chi connectivity index (χ4n) is 1.55. The largest absolute Gasteiger partial charge is 0.444 e. The lowest BCUT2D eigenvalue weighted by Crippen LogP contribution is -2.40. The predicted octanol–water partition coefficient (Wildman–Crippen LogP) is 2.08. The molecule has 1 aliphatic heterocycles. The Kier molecular flexibility index (Phi) is 2.41. The molecule has 15 heavy (non-hydrogen) atoms. The number of carbonyl (C=O) groups excluding carboxylic acids is 2. The van der Waals surface area contributed by atoms with E-state index in [0.29, 0.717) is 5.69 Å². The highest BCUT2D eigenvalue weighted by Gasteiger charge is 2.29. The molecule has 0 atom stereocenters. The van der Waals surface area contributed by atoms with Gasteiger partial charge in [-0.2, -0.15) is 0 Å². The van der Waals surface area contributed by atoms with Crippen LogP contribution in [0.5, 0.6) is 0 Å². The first-order chi connectivity index (χ1) is 7.24. The minimum absolute atomic E-state index is 0.239. The van der Waals surface area contributed by atoms with Crippen molar-refractivity contribution in [2.24, 2.45) is 0 Å². The number of benzene rings is 1. The maximum atomic E-state index is 11.6. The lowest BCUT2D eigenvalue weighted by atomic mass is 10.1. The molecule has 1 heterocycles. The first-order valence-electron chi connectivity index (χ1n) is 4.81. The SMILES string of the molecule is CCC(=O)N1C(=O)OCc2ccccc21. The molecule has 2 amide bonds. The fraction of sp³-hybridized carbons (Fsp3) is 0.273. The number of nitrogens with zero attached hydrogens (tertiary/aromatic N) is 1. The lowest BCUT2D eigenvalue weighted by Gasteiger charge is -2.26. The smallest absolute Gasteiger partial charge is 0.421 e. The highest BCUT2D eigenvalue weighted by atomic mass is 16.6. The molecule has 1 aliphatic rings. The normalized spacial score (nSPS) is 14.5. The van der Waals surface area contributed by atoms with E-state index >= 15 is 0 Å². The van der Waals surface area contributed by atoms with Gasteiger partial charge in [-0.3, -0.25) is 4.79 Å². The van der Waals surface area contributed by atoms with Crippen molar-refractivity contribution >= 4 is 17.7 Å². The molecule has 0 saturated carbocycles. The molecular formula is C11H11NO3. The maximum absolute atomic E-state index is 11.6. The molecule has 78 valence electrons. The number of para-hydroxylation sites is 1. The Labute approximate surface area is 87.4 Å². The first kappa shape index (κ1) is 9.71. The zero-order valence-electron chi connectivity index (χ0n) is 8.40. The van der Waals surface area contributed by atoms with Crippen LogP contribution in [0.2, 0.25) is 0 Å². The summed E-state index contributed by atoms with van der Waals surface area (Å²) in [6, 6.07) is 7.25. The van der Waals surface area contributed by atoms with E-state index in [4.69, 9.17) is 4.74 Å². The third-order valence-corrected chi connectivity index (χ3v) is 2.32. The molecule has 2 rings (SSSR count). The summed E-state index contributed by atoms with van der Waals surface area (Å²) in [5.41, 5.74) is 1.50. The quantitative estimate of drug-likeness (QED) is 0.705. The number of hydrogen-bond acceptors (Lipinski definition) is 3. The van der Waals surface area contributed by atoms with Crippen LogP contribution in [0, 0.1) is 0 Å². The summed E-state index contributed by atoms with van der Waals surface area (Å²) in [6.45, 7) is 1.95. The Morgan fingerprint density at radius 3 is 2.93 bits per heavy atom. The molecule has 4 heteroatoms. The number of amides is 2. The molecular weight excluding hydrogens is 194 g/mol. The molecule has 0 unspecified atom stereocenters.